The zero-order valence-corrected chi connectivity index (χ0v) is 20.3. The fraction of sp³-hybridized carbons (Fsp3) is 0.250. The third-order valence-electron chi connectivity index (χ3n) is 6.23. The molecule has 7 nitrogen and oxygen atoms in total. The maximum Gasteiger partial charge on any atom is 0.304 e. The van der Waals surface area contributed by atoms with E-state index in [-0.39, 0.29) is 11.8 Å². The smallest absolute Gasteiger partial charge is 0.304 e. The van der Waals surface area contributed by atoms with Crippen LogP contribution in [0, 0.1) is 0 Å². The minimum Gasteiger partial charge on any atom is -0.497 e. The first-order chi connectivity index (χ1) is 17.0. The van der Waals surface area contributed by atoms with E-state index in [0.29, 0.717) is 11.3 Å². The molecule has 3 aromatic rings. The fourth-order valence-electron chi connectivity index (χ4n) is 4.32. The molecule has 180 valence electrons. The Hall–Kier alpha value is -4.13. The highest BCUT2D eigenvalue weighted by atomic mass is 16.5. The molecule has 1 fully saturated rings. The number of carbonyl (C=O) groups is 2. The Kier molecular flexibility index (Phi) is 7.45. The average molecular weight is 472 g/mol. The van der Waals surface area contributed by atoms with Crippen LogP contribution in [0.5, 0.6) is 5.75 Å². The van der Waals surface area contributed by atoms with Crippen LogP contribution < -0.4 is 20.4 Å². The molecule has 0 spiro atoms. The Balaban J connectivity index is 1.63. The van der Waals surface area contributed by atoms with E-state index in [2.05, 4.69) is 41.6 Å². The minimum atomic E-state index is -0.766. The van der Waals surface area contributed by atoms with Gasteiger partial charge in [0, 0.05) is 35.5 Å². The predicted octanol–water partition coefficient (Wildman–Crippen LogP) is 3.56. The van der Waals surface area contributed by atoms with Gasteiger partial charge in [-0.25, -0.2) is 0 Å². The second-order valence-electron chi connectivity index (χ2n) is 8.31. The first-order valence-electron chi connectivity index (χ1n) is 11.8. The molecule has 2 N–H and O–H groups in total. The van der Waals surface area contributed by atoms with Crippen LogP contribution >= 0.6 is 0 Å². The van der Waals surface area contributed by atoms with Gasteiger partial charge in [-0.05, 0) is 62.4 Å². The number of rotatable bonds is 8. The number of amides is 2. The molecule has 35 heavy (non-hydrogen) atoms. The SMILES string of the molecule is CCN(CC)c1ccc(/C=[N+]2\NC(=O)[C@H](NC(=O)c3ccc(OC)cc3)[C@H]2c2ccccc2)cc1. The lowest BCUT2D eigenvalue weighted by Gasteiger charge is -2.20. The predicted molar refractivity (Wildman–Crippen MR) is 137 cm³/mol. The number of methoxy groups -OCH3 is 1. The Labute approximate surface area is 206 Å². The normalized spacial score (nSPS) is 18.3. The first-order valence-corrected chi connectivity index (χ1v) is 11.8. The zero-order valence-electron chi connectivity index (χ0n) is 20.3. The molecule has 1 aliphatic rings. The summed E-state index contributed by atoms with van der Waals surface area (Å²) in [4.78, 5) is 28.3. The first kappa shape index (κ1) is 24.0. The van der Waals surface area contributed by atoms with Gasteiger partial charge in [0.05, 0.1) is 7.11 Å². The van der Waals surface area contributed by atoms with Crippen molar-refractivity contribution in [1.29, 1.82) is 0 Å². The minimum absolute atomic E-state index is 0.267. The van der Waals surface area contributed by atoms with Crippen molar-refractivity contribution in [3.63, 3.8) is 0 Å². The molecule has 0 bridgehead atoms. The van der Waals surface area contributed by atoms with E-state index in [0.717, 1.165) is 29.9 Å². The monoisotopic (exact) mass is 471 g/mol. The number of hydrazine groups is 1. The van der Waals surface area contributed by atoms with Gasteiger partial charge in [-0.3, -0.25) is 9.59 Å². The second kappa shape index (κ2) is 10.9. The number of carbonyl (C=O) groups excluding carboxylic acids is 2. The van der Waals surface area contributed by atoms with Crippen molar-refractivity contribution >= 4 is 23.7 Å². The van der Waals surface area contributed by atoms with Crippen molar-refractivity contribution in [3.05, 3.63) is 95.6 Å². The molecule has 0 aliphatic carbocycles. The van der Waals surface area contributed by atoms with E-state index in [4.69, 9.17) is 4.74 Å². The molecule has 1 saturated heterocycles. The summed E-state index contributed by atoms with van der Waals surface area (Å²) in [5.41, 5.74) is 6.41. The van der Waals surface area contributed by atoms with Crippen molar-refractivity contribution in [1.82, 2.24) is 10.7 Å². The molecular formula is C28H31N4O3+. The summed E-state index contributed by atoms with van der Waals surface area (Å²) in [5.74, 6) is 0.0750. The van der Waals surface area contributed by atoms with Gasteiger partial charge in [-0.15, -0.1) is 10.1 Å². The molecule has 7 heteroatoms. The summed E-state index contributed by atoms with van der Waals surface area (Å²) in [5, 5.41) is 2.93. The van der Waals surface area contributed by atoms with Crippen molar-refractivity contribution in [3.8, 4) is 5.75 Å². The van der Waals surface area contributed by atoms with E-state index in [9.17, 15) is 9.59 Å². The molecule has 2 atom stereocenters. The number of nitrogens with one attached hydrogen (secondary N) is 2. The largest absolute Gasteiger partial charge is 0.497 e. The number of hydrazone groups is 1. The molecule has 3 aromatic carbocycles. The molecule has 0 unspecified atom stereocenters. The fourth-order valence-corrected chi connectivity index (χ4v) is 4.32. The number of hydrogen-bond acceptors (Lipinski definition) is 4. The molecule has 2 amide bonds. The Morgan fingerprint density at radius 2 is 1.66 bits per heavy atom. The maximum absolute atomic E-state index is 13.0. The quantitative estimate of drug-likeness (QED) is 0.493. The van der Waals surface area contributed by atoms with Crippen LogP contribution in [0.25, 0.3) is 0 Å². The Morgan fingerprint density at radius 3 is 2.26 bits per heavy atom. The van der Waals surface area contributed by atoms with E-state index < -0.39 is 12.1 Å². The van der Waals surface area contributed by atoms with E-state index in [1.165, 1.54) is 0 Å². The van der Waals surface area contributed by atoms with Crippen molar-refractivity contribution in [2.45, 2.75) is 25.9 Å². The van der Waals surface area contributed by atoms with Crippen LogP contribution in [0.15, 0.2) is 78.9 Å². The van der Waals surface area contributed by atoms with Gasteiger partial charge in [0.2, 0.25) is 12.3 Å². The summed E-state index contributed by atoms with van der Waals surface area (Å²) >= 11 is 0. The zero-order chi connectivity index (χ0) is 24.8. The van der Waals surface area contributed by atoms with Gasteiger partial charge in [-0.2, -0.15) is 0 Å². The van der Waals surface area contributed by atoms with E-state index in [1.54, 1.807) is 36.1 Å². The van der Waals surface area contributed by atoms with Gasteiger partial charge < -0.3 is 15.0 Å². The van der Waals surface area contributed by atoms with Gasteiger partial charge in [0.1, 0.15) is 5.75 Å². The average Bonchev–Trinajstić information content (AvgIpc) is 3.20. The topological polar surface area (TPSA) is 73.7 Å². The van der Waals surface area contributed by atoms with Crippen molar-refractivity contribution in [2.24, 2.45) is 0 Å². The number of anilines is 1. The summed E-state index contributed by atoms with van der Waals surface area (Å²) in [6, 6.07) is 23.6. The van der Waals surface area contributed by atoms with Crippen molar-refractivity contribution in [2.75, 3.05) is 25.1 Å². The highest BCUT2D eigenvalue weighted by Crippen LogP contribution is 2.26. The van der Waals surface area contributed by atoms with Crippen LogP contribution in [0.4, 0.5) is 5.69 Å². The van der Waals surface area contributed by atoms with Gasteiger partial charge in [0.15, 0.2) is 6.04 Å². The molecule has 0 radical (unpaired) electrons. The van der Waals surface area contributed by atoms with Crippen LogP contribution in [0.3, 0.4) is 0 Å². The lowest BCUT2D eigenvalue weighted by atomic mass is 10.00. The van der Waals surface area contributed by atoms with Gasteiger partial charge in [-0.1, -0.05) is 30.3 Å². The molecular weight excluding hydrogens is 440 g/mol. The summed E-state index contributed by atoms with van der Waals surface area (Å²) in [6.07, 6.45) is 1.90. The van der Waals surface area contributed by atoms with Gasteiger partial charge >= 0.3 is 5.91 Å². The summed E-state index contributed by atoms with van der Waals surface area (Å²) in [7, 11) is 1.57. The molecule has 1 heterocycles. The van der Waals surface area contributed by atoms with Crippen LogP contribution in [-0.4, -0.2) is 49.0 Å². The number of nitrogens with zero attached hydrogens (tertiary/aromatic N) is 2. The highest BCUT2D eigenvalue weighted by Gasteiger charge is 2.47. The summed E-state index contributed by atoms with van der Waals surface area (Å²) in [6.45, 7) is 6.14. The van der Waals surface area contributed by atoms with E-state index >= 15 is 0 Å². The lowest BCUT2D eigenvalue weighted by Crippen LogP contribution is -2.42. The van der Waals surface area contributed by atoms with Crippen molar-refractivity contribution < 1.29 is 19.0 Å². The third-order valence-corrected chi connectivity index (χ3v) is 6.23. The molecule has 1 aliphatic heterocycles. The number of ether oxygens (including phenoxy) is 1. The molecule has 0 aromatic heterocycles. The number of hydrogen-bond donors (Lipinski definition) is 2. The second-order valence-corrected chi connectivity index (χ2v) is 8.31. The van der Waals surface area contributed by atoms with Crippen LogP contribution in [0.2, 0.25) is 0 Å². The Morgan fingerprint density at radius 1 is 1.00 bits per heavy atom. The van der Waals surface area contributed by atoms with Gasteiger partial charge in [0.25, 0.3) is 5.91 Å². The Bertz CT molecular complexity index is 1190. The third kappa shape index (κ3) is 5.35. The van der Waals surface area contributed by atoms with E-state index in [1.807, 2.05) is 48.7 Å². The maximum atomic E-state index is 13.0. The standard InChI is InChI=1S/C28H30N4O3/c1-4-31(5-2)23-15-11-20(12-16-23)19-32-26(21-9-7-6-8-10-21)25(28(34)30-32)29-27(33)22-13-17-24(35-3)18-14-22/h6-19,25-26H,4-5H2,1-3H3,(H-,29,30,33,34)/p+1/t25-,26-/m1/s1. The lowest BCUT2D eigenvalue weighted by molar-refractivity contribution is -0.596. The number of benzene rings is 3. The summed E-state index contributed by atoms with van der Waals surface area (Å²) < 4.78 is 6.95. The van der Waals surface area contributed by atoms with Crippen LogP contribution in [0.1, 0.15) is 41.4 Å². The highest BCUT2D eigenvalue weighted by molar-refractivity contribution is 5.98. The van der Waals surface area contributed by atoms with Crippen LogP contribution in [-0.2, 0) is 4.79 Å². The molecule has 4 rings (SSSR count). The molecule has 0 saturated carbocycles.